The lowest BCUT2D eigenvalue weighted by atomic mass is 10.0. The molecule has 0 heterocycles. The summed E-state index contributed by atoms with van der Waals surface area (Å²) in [5.41, 5.74) is 2.55. The Morgan fingerprint density at radius 3 is 2.27 bits per heavy atom. The highest BCUT2D eigenvalue weighted by Gasteiger charge is 2.33. The first-order valence-corrected chi connectivity index (χ1v) is 15.6. The number of carbonyl (C=O) groups is 2. The van der Waals surface area contributed by atoms with Crippen LogP contribution in [0.15, 0.2) is 72.8 Å². The zero-order valence-electron chi connectivity index (χ0n) is 24.1. The fourth-order valence-corrected chi connectivity index (χ4v) is 5.57. The molecule has 10 heteroatoms. The number of aryl methyl sites for hydroxylation is 1. The molecule has 0 unspecified atom stereocenters. The summed E-state index contributed by atoms with van der Waals surface area (Å²) in [4.78, 5) is 29.3. The maximum absolute atomic E-state index is 14.2. The number of halogens is 1. The molecule has 0 radical (unpaired) electrons. The van der Waals surface area contributed by atoms with Crippen LogP contribution in [0.2, 0.25) is 5.02 Å². The normalized spacial score (nSPS) is 12.1. The van der Waals surface area contributed by atoms with Crippen LogP contribution >= 0.6 is 11.6 Å². The highest BCUT2D eigenvalue weighted by atomic mass is 35.5. The number of anilines is 1. The van der Waals surface area contributed by atoms with E-state index < -0.39 is 28.5 Å². The van der Waals surface area contributed by atoms with E-state index in [-0.39, 0.29) is 24.8 Å². The number of nitrogens with zero attached hydrogens (tertiary/aromatic N) is 2. The van der Waals surface area contributed by atoms with Crippen molar-refractivity contribution in [2.45, 2.75) is 39.8 Å². The Kier molecular flexibility index (Phi) is 11.2. The first-order valence-electron chi connectivity index (χ1n) is 13.4. The Balaban J connectivity index is 2.08. The van der Waals surface area contributed by atoms with Crippen molar-refractivity contribution in [3.05, 3.63) is 94.5 Å². The van der Waals surface area contributed by atoms with Crippen LogP contribution in [0.5, 0.6) is 5.75 Å². The SMILES string of the molecule is COc1cccc(CN(C(=O)CN(c2ccc(Cl)cc2C)S(C)(=O)=O)[C@@H](Cc2ccccc2)C(=O)NCC(C)C)c1. The van der Waals surface area contributed by atoms with Crippen LogP contribution in [0.1, 0.15) is 30.5 Å². The summed E-state index contributed by atoms with van der Waals surface area (Å²) in [6.07, 6.45) is 1.30. The van der Waals surface area contributed by atoms with E-state index in [0.717, 1.165) is 21.7 Å². The minimum Gasteiger partial charge on any atom is -0.497 e. The maximum Gasteiger partial charge on any atom is 0.244 e. The molecule has 1 atom stereocenters. The zero-order valence-corrected chi connectivity index (χ0v) is 25.7. The van der Waals surface area contributed by atoms with E-state index >= 15 is 0 Å². The number of hydrogen-bond acceptors (Lipinski definition) is 5. The van der Waals surface area contributed by atoms with Crippen molar-refractivity contribution in [3.63, 3.8) is 0 Å². The topological polar surface area (TPSA) is 96.0 Å². The molecule has 1 N–H and O–H groups in total. The molecule has 3 rings (SSSR count). The number of nitrogens with one attached hydrogen (secondary N) is 1. The number of hydrogen-bond donors (Lipinski definition) is 1. The molecule has 0 bridgehead atoms. The number of ether oxygens (including phenoxy) is 1. The minimum absolute atomic E-state index is 0.0693. The summed E-state index contributed by atoms with van der Waals surface area (Å²) in [7, 11) is -2.32. The molecule has 2 amide bonds. The third kappa shape index (κ3) is 9.23. The van der Waals surface area contributed by atoms with Crippen LogP contribution in [-0.4, -0.2) is 57.6 Å². The number of sulfonamides is 1. The number of rotatable bonds is 13. The number of methoxy groups -OCH3 is 1. The van der Waals surface area contributed by atoms with Crippen molar-refractivity contribution >= 4 is 39.1 Å². The second kappa shape index (κ2) is 14.4. The molecule has 0 aliphatic carbocycles. The van der Waals surface area contributed by atoms with Crippen molar-refractivity contribution in [1.82, 2.24) is 10.2 Å². The fourth-order valence-electron chi connectivity index (χ4n) is 4.44. The minimum atomic E-state index is -3.87. The van der Waals surface area contributed by atoms with Gasteiger partial charge in [0.15, 0.2) is 0 Å². The molecule has 0 saturated carbocycles. The van der Waals surface area contributed by atoms with Gasteiger partial charge in [0, 0.05) is 24.5 Å². The average Bonchev–Trinajstić information content (AvgIpc) is 2.92. The van der Waals surface area contributed by atoms with Crippen molar-refractivity contribution in [2.75, 3.05) is 30.8 Å². The lowest BCUT2D eigenvalue weighted by Crippen LogP contribution is -2.53. The smallest absolute Gasteiger partial charge is 0.244 e. The third-order valence-electron chi connectivity index (χ3n) is 6.55. The van der Waals surface area contributed by atoms with Gasteiger partial charge in [0.1, 0.15) is 18.3 Å². The molecule has 0 aliphatic rings. The van der Waals surface area contributed by atoms with Crippen molar-refractivity contribution in [2.24, 2.45) is 5.92 Å². The van der Waals surface area contributed by atoms with Crippen LogP contribution in [-0.2, 0) is 32.6 Å². The largest absolute Gasteiger partial charge is 0.497 e. The lowest BCUT2D eigenvalue weighted by molar-refractivity contribution is -0.140. The quantitative estimate of drug-likeness (QED) is 0.303. The van der Waals surface area contributed by atoms with Gasteiger partial charge in [0.05, 0.1) is 19.1 Å². The van der Waals surface area contributed by atoms with E-state index in [0.29, 0.717) is 28.6 Å². The Hall–Kier alpha value is -3.56. The zero-order chi connectivity index (χ0) is 30.2. The number of amides is 2. The number of benzene rings is 3. The molecule has 0 aromatic heterocycles. The summed E-state index contributed by atoms with van der Waals surface area (Å²) in [6.45, 7) is 5.72. The predicted molar refractivity (Wildman–Crippen MR) is 164 cm³/mol. The molecular weight excluding hydrogens is 562 g/mol. The van der Waals surface area contributed by atoms with E-state index in [1.54, 1.807) is 44.4 Å². The van der Waals surface area contributed by atoms with Crippen molar-refractivity contribution in [3.8, 4) is 5.75 Å². The molecule has 3 aromatic rings. The molecule has 3 aromatic carbocycles. The molecule has 0 spiro atoms. The van der Waals surface area contributed by atoms with Crippen LogP contribution in [0, 0.1) is 12.8 Å². The van der Waals surface area contributed by atoms with Gasteiger partial charge in [-0.1, -0.05) is 67.9 Å². The summed E-state index contributed by atoms with van der Waals surface area (Å²) in [5, 5.41) is 3.43. The third-order valence-corrected chi connectivity index (χ3v) is 7.91. The average molecular weight is 600 g/mol. The lowest BCUT2D eigenvalue weighted by Gasteiger charge is -2.34. The van der Waals surface area contributed by atoms with E-state index in [1.807, 2.05) is 56.3 Å². The van der Waals surface area contributed by atoms with Crippen LogP contribution in [0.4, 0.5) is 5.69 Å². The van der Waals surface area contributed by atoms with Gasteiger partial charge in [-0.3, -0.25) is 13.9 Å². The van der Waals surface area contributed by atoms with E-state index in [1.165, 1.54) is 4.90 Å². The first-order chi connectivity index (χ1) is 19.4. The summed E-state index contributed by atoms with van der Waals surface area (Å²) in [5.74, 6) is -0.0265. The van der Waals surface area contributed by atoms with Crippen molar-refractivity contribution in [1.29, 1.82) is 0 Å². The van der Waals surface area contributed by atoms with Gasteiger partial charge in [-0.2, -0.15) is 0 Å². The van der Waals surface area contributed by atoms with E-state index in [2.05, 4.69) is 5.32 Å². The van der Waals surface area contributed by atoms with Gasteiger partial charge in [-0.05, 0) is 59.9 Å². The molecule has 0 fully saturated rings. The van der Waals surface area contributed by atoms with Crippen LogP contribution in [0.25, 0.3) is 0 Å². The predicted octanol–water partition coefficient (Wildman–Crippen LogP) is 4.84. The van der Waals surface area contributed by atoms with Crippen molar-refractivity contribution < 1.29 is 22.7 Å². The van der Waals surface area contributed by atoms with Gasteiger partial charge < -0.3 is 15.0 Å². The van der Waals surface area contributed by atoms with Crippen LogP contribution < -0.4 is 14.4 Å². The van der Waals surface area contributed by atoms with Gasteiger partial charge in [0.25, 0.3) is 0 Å². The maximum atomic E-state index is 14.2. The molecule has 0 aliphatic heterocycles. The summed E-state index contributed by atoms with van der Waals surface area (Å²) >= 11 is 6.11. The molecule has 220 valence electrons. The van der Waals surface area contributed by atoms with E-state index in [4.69, 9.17) is 16.3 Å². The Morgan fingerprint density at radius 1 is 0.976 bits per heavy atom. The summed E-state index contributed by atoms with van der Waals surface area (Å²) in [6, 6.07) is 20.6. The second-order valence-electron chi connectivity index (χ2n) is 10.4. The van der Waals surface area contributed by atoms with Gasteiger partial charge in [-0.25, -0.2) is 8.42 Å². The molecular formula is C31H38ClN3O5S. The highest BCUT2D eigenvalue weighted by molar-refractivity contribution is 7.92. The van der Waals surface area contributed by atoms with Gasteiger partial charge >= 0.3 is 0 Å². The highest BCUT2D eigenvalue weighted by Crippen LogP contribution is 2.26. The van der Waals surface area contributed by atoms with Crippen LogP contribution in [0.3, 0.4) is 0 Å². The number of carbonyl (C=O) groups excluding carboxylic acids is 2. The first kappa shape index (κ1) is 32.0. The van der Waals surface area contributed by atoms with E-state index in [9.17, 15) is 18.0 Å². The molecule has 41 heavy (non-hydrogen) atoms. The Labute approximate surface area is 248 Å². The summed E-state index contributed by atoms with van der Waals surface area (Å²) < 4.78 is 32.4. The monoisotopic (exact) mass is 599 g/mol. The second-order valence-corrected chi connectivity index (χ2v) is 12.8. The molecule has 8 nitrogen and oxygen atoms in total. The Bertz CT molecular complexity index is 1450. The Morgan fingerprint density at radius 2 is 1.66 bits per heavy atom. The molecule has 0 saturated heterocycles. The fraction of sp³-hybridized carbons (Fsp3) is 0.355. The van der Waals surface area contributed by atoms with Gasteiger partial charge in [-0.15, -0.1) is 0 Å². The standard InChI is InChI=1S/C31H38ClN3O5S/c1-22(2)19-33-31(37)29(18-24-10-7-6-8-11-24)34(20-25-12-9-13-27(17-25)40-4)30(36)21-35(41(5,38)39)28-15-14-26(32)16-23(28)3/h6-17,22,29H,18-21H2,1-5H3,(H,33,37)/t29-/m0/s1. The van der Waals surface area contributed by atoms with Gasteiger partial charge in [0.2, 0.25) is 21.8 Å².